The Labute approximate surface area is 173 Å². The first kappa shape index (κ1) is 22.4. The predicted octanol–water partition coefficient (Wildman–Crippen LogP) is 3.18. The van der Waals surface area contributed by atoms with Gasteiger partial charge in [-0.05, 0) is 67.6 Å². The zero-order valence-corrected chi connectivity index (χ0v) is 17.8. The van der Waals surface area contributed by atoms with Gasteiger partial charge in [0, 0.05) is 39.3 Å². The Hall–Kier alpha value is -2.89. The molecule has 0 bridgehead atoms. The van der Waals surface area contributed by atoms with Crippen molar-refractivity contribution < 1.29 is 9.18 Å². The molecule has 156 valence electrons. The van der Waals surface area contributed by atoms with Crippen LogP contribution < -0.4 is 10.6 Å². The normalized spacial score (nSPS) is 11.3. The Balaban J connectivity index is 1.89. The zero-order valence-electron chi connectivity index (χ0n) is 17.8. The number of guanidine groups is 1. The molecule has 0 saturated heterocycles. The van der Waals surface area contributed by atoms with E-state index in [1.165, 1.54) is 6.07 Å². The van der Waals surface area contributed by atoms with Crippen LogP contribution >= 0.6 is 0 Å². The Kier molecular flexibility index (Phi) is 8.65. The van der Waals surface area contributed by atoms with Gasteiger partial charge in [0.25, 0.3) is 5.91 Å². The van der Waals surface area contributed by atoms with Gasteiger partial charge in [0.1, 0.15) is 5.82 Å². The van der Waals surface area contributed by atoms with Crippen molar-refractivity contribution in [1.29, 1.82) is 0 Å². The van der Waals surface area contributed by atoms with Crippen LogP contribution in [0, 0.1) is 12.7 Å². The van der Waals surface area contributed by atoms with Crippen molar-refractivity contribution in [2.75, 3.05) is 33.7 Å². The quantitative estimate of drug-likeness (QED) is 0.530. The summed E-state index contributed by atoms with van der Waals surface area (Å²) in [6, 6.07) is 12.6. The molecule has 6 heteroatoms. The Bertz CT molecular complexity index is 849. The summed E-state index contributed by atoms with van der Waals surface area (Å²) in [6.45, 7) is 6.04. The van der Waals surface area contributed by atoms with E-state index in [1.54, 1.807) is 25.1 Å². The molecule has 0 heterocycles. The molecule has 5 nitrogen and oxygen atoms in total. The summed E-state index contributed by atoms with van der Waals surface area (Å²) in [5.41, 5.74) is 3.85. The highest BCUT2D eigenvalue weighted by Crippen LogP contribution is 2.11. The van der Waals surface area contributed by atoms with Gasteiger partial charge in [-0.3, -0.25) is 9.79 Å². The summed E-state index contributed by atoms with van der Waals surface area (Å²) in [5, 5.41) is 6.58. The molecular weight excluding hydrogens is 367 g/mol. The number of halogens is 1. The maximum absolute atomic E-state index is 13.2. The van der Waals surface area contributed by atoms with Crippen LogP contribution in [0.3, 0.4) is 0 Å². The lowest BCUT2D eigenvalue weighted by atomic mass is 10.1. The zero-order chi connectivity index (χ0) is 21.2. The van der Waals surface area contributed by atoms with E-state index in [4.69, 9.17) is 0 Å². The minimum absolute atomic E-state index is 0.00537. The summed E-state index contributed by atoms with van der Waals surface area (Å²) >= 11 is 0. The van der Waals surface area contributed by atoms with Crippen LogP contribution in [0.2, 0.25) is 0 Å². The van der Waals surface area contributed by atoms with Crippen molar-refractivity contribution in [3.63, 3.8) is 0 Å². The third-order valence-corrected chi connectivity index (χ3v) is 4.59. The third-order valence-electron chi connectivity index (χ3n) is 4.59. The van der Waals surface area contributed by atoms with Crippen molar-refractivity contribution in [3.05, 3.63) is 70.5 Å². The Morgan fingerprint density at radius 3 is 2.59 bits per heavy atom. The molecule has 2 rings (SSSR count). The topological polar surface area (TPSA) is 56.7 Å². The Morgan fingerprint density at radius 2 is 1.90 bits per heavy atom. The molecule has 2 N–H and O–H groups in total. The number of aliphatic imine (C=N–C) groups is 1. The van der Waals surface area contributed by atoms with Gasteiger partial charge in [0.15, 0.2) is 5.96 Å². The van der Waals surface area contributed by atoms with E-state index in [9.17, 15) is 9.18 Å². The lowest BCUT2D eigenvalue weighted by molar-refractivity contribution is 0.0827. The number of nitrogens with one attached hydrogen (secondary N) is 2. The number of amides is 1. The molecule has 2 aromatic rings. The van der Waals surface area contributed by atoms with Gasteiger partial charge in [0.2, 0.25) is 0 Å². The lowest BCUT2D eigenvalue weighted by Gasteiger charge is -2.13. The van der Waals surface area contributed by atoms with E-state index >= 15 is 0 Å². The fourth-order valence-electron chi connectivity index (χ4n) is 3.01. The smallest absolute Gasteiger partial charge is 0.253 e. The van der Waals surface area contributed by atoms with Gasteiger partial charge >= 0.3 is 0 Å². The molecule has 0 unspecified atom stereocenters. The standard InChI is InChI=1S/C23H31FN4O/c1-5-25-23(27-14-12-19-9-10-21(24)15-17(19)2)26-13-11-18-7-6-8-20(16-18)22(29)28(3)4/h6-10,15-16H,5,11-14H2,1-4H3,(H2,25,26,27). The molecule has 0 atom stereocenters. The van der Waals surface area contributed by atoms with Gasteiger partial charge < -0.3 is 15.5 Å². The molecule has 0 fully saturated rings. The largest absolute Gasteiger partial charge is 0.357 e. The molecule has 0 aromatic heterocycles. The second-order valence-electron chi connectivity index (χ2n) is 7.16. The van der Waals surface area contributed by atoms with Crippen molar-refractivity contribution in [2.24, 2.45) is 4.99 Å². The number of carbonyl (C=O) groups is 1. The molecule has 0 spiro atoms. The molecule has 2 aromatic carbocycles. The first-order valence-corrected chi connectivity index (χ1v) is 9.98. The fraction of sp³-hybridized carbons (Fsp3) is 0.391. The summed E-state index contributed by atoms with van der Waals surface area (Å²) in [6.07, 6.45) is 1.55. The monoisotopic (exact) mass is 398 g/mol. The van der Waals surface area contributed by atoms with Gasteiger partial charge in [-0.1, -0.05) is 18.2 Å². The molecule has 1 amide bonds. The molecule has 0 radical (unpaired) electrons. The number of aryl methyl sites for hydroxylation is 1. The van der Waals surface area contributed by atoms with Crippen molar-refractivity contribution in [2.45, 2.75) is 26.7 Å². The van der Waals surface area contributed by atoms with E-state index < -0.39 is 0 Å². The highest BCUT2D eigenvalue weighted by molar-refractivity contribution is 5.94. The van der Waals surface area contributed by atoms with E-state index in [0.717, 1.165) is 42.0 Å². The minimum Gasteiger partial charge on any atom is -0.357 e. The number of benzene rings is 2. The first-order valence-electron chi connectivity index (χ1n) is 9.98. The number of hydrogen-bond acceptors (Lipinski definition) is 2. The van der Waals surface area contributed by atoms with Gasteiger partial charge in [-0.2, -0.15) is 0 Å². The van der Waals surface area contributed by atoms with Crippen LogP contribution in [-0.4, -0.2) is 50.5 Å². The SMILES string of the molecule is CCNC(=NCCc1ccc(F)cc1C)NCCc1cccc(C(=O)N(C)C)c1. The fourth-order valence-corrected chi connectivity index (χ4v) is 3.01. The van der Waals surface area contributed by atoms with E-state index in [2.05, 4.69) is 15.6 Å². The summed E-state index contributed by atoms with van der Waals surface area (Å²) in [7, 11) is 3.51. The second kappa shape index (κ2) is 11.2. The lowest BCUT2D eigenvalue weighted by Crippen LogP contribution is -2.38. The van der Waals surface area contributed by atoms with Crippen molar-refractivity contribution in [1.82, 2.24) is 15.5 Å². The van der Waals surface area contributed by atoms with Crippen molar-refractivity contribution in [3.8, 4) is 0 Å². The van der Waals surface area contributed by atoms with E-state index in [0.29, 0.717) is 18.7 Å². The summed E-state index contributed by atoms with van der Waals surface area (Å²) < 4.78 is 13.2. The van der Waals surface area contributed by atoms with Crippen LogP contribution in [0.1, 0.15) is 34.0 Å². The van der Waals surface area contributed by atoms with E-state index in [-0.39, 0.29) is 11.7 Å². The van der Waals surface area contributed by atoms with Crippen LogP contribution in [0.5, 0.6) is 0 Å². The molecule has 0 saturated carbocycles. The van der Waals surface area contributed by atoms with Gasteiger partial charge in [-0.15, -0.1) is 0 Å². The third kappa shape index (κ3) is 7.22. The molecule has 29 heavy (non-hydrogen) atoms. The second-order valence-corrected chi connectivity index (χ2v) is 7.16. The molecular formula is C23H31FN4O. The number of carbonyl (C=O) groups excluding carboxylic acids is 1. The molecule has 0 aliphatic heterocycles. The van der Waals surface area contributed by atoms with Crippen molar-refractivity contribution >= 4 is 11.9 Å². The predicted molar refractivity (Wildman–Crippen MR) is 117 cm³/mol. The molecule has 0 aliphatic carbocycles. The highest BCUT2D eigenvalue weighted by atomic mass is 19.1. The van der Waals surface area contributed by atoms with Crippen LogP contribution in [0.25, 0.3) is 0 Å². The highest BCUT2D eigenvalue weighted by Gasteiger charge is 2.08. The number of hydrogen-bond donors (Lipinski definition) is 2. The van der Waals surface area contributed by atoms with Crippen LogP contribution in [-0.2, 0) is 12.8 Å². The van der Waals surface area contributed by atoms with Gasteiger partial charge in [0.05, 0.1) is 0 Å². The first-order chi connectivity index (χ1) is 13.9. The maximum atomic E-state index is 13.2. The maximum Gasteiger partial charge on any atom is 0.253 e. The van der Waals surface area contributed by atoms with E-state index in [1.807, 2.05) is 44.2 Å². The average molecular weight is 399 g/mol. The summed E-state index contributed by atoms with van der Waals surface area (Å²) in [5.74, 6) is 0.555. The van der Waals surface area contributed by atoms with Gasteiger partial charge in [-0.25, -0.2) is 4.39 Å². The van der Waals surface area contributed by atoms with Crippen LogP contribution in [0.15, 0.2) is 47.5 Å². The summed E-state index contributed by atoms with van der Waals surface area (Å²) in [4.78, 5) is 18.3. The number of rotatable bonds is 8. The molecule has 0 aliphatic rings. The average Bonchev–Trinajstić information content (AvgIpc) is 2.69. The van der Waals surface area contributed by atoms with Crippen LogP contribution in [0.4, 0.5) is 4.39 Å². The minimum atomic E-state index is -0.207. The Morgan fingerprint density at radius 1 is 1.10 bits per heavy atom. The number of nitrogens with zero attached hydrogens (tertiary/aromatic N) is 2.